The van der Waals surface area contributed by atoms with Crippen molar-refractivity contribution in [3.8, 4) is 0 Å². The van der Waals surface area contributed by atoms with E-state index in [4.69, 9.17) is 5.73 Å². The van der Waals surface area contributed by atoms with Gasteiger partial charge in [0.15, 0.2) is 0 Å². The minimum atomic E-state index is 0.170. The van der Waals surface area contributed by atoms with Gasteiger partial charge in [0.2, 0.25) is 0 Å². The van der Waals surface area contributed by atoms with Crippen LogP contribution in [0.15, 0.2) is 0 Å². The standard InChI is InChI=1S/C8H18N2/c1-3-7(2)10-6-8(9)4-5-8/h7,10H,3-6,9H2,1-2H3. The predicted molar refractivity (Wildman–Crippen MR) is 43.9 cm³/mol. The van der Waals surface area contributed by atoms with Crippen molar-refractivity contribution < 1.29 is 0 Å². The lowest BCUT2D eigenvalue weighted by Gasteiger charge is -2.14. The maximum Gasteiger partial charge on any atom is 0.0282 e. The lowest BCUT2D eigenvalue weighted by molar-refractivity contribution is 0.485. The van der Waals surface area contributed by atoms with E-state index >= 15 is 0 Å². The Labute approximate surface area is 63.2 Å². The van der Waals surface area contributed by atoms with Crippen LogP contribution in [0, 0.1) is 0 Å². The van der Waals surface area contributed by atoms with Gasteiger partial charge in [0.25, 0.3) is 0 Å². The monoisotopic (exact) mass is 142 g/mol. The van der Waals surface area contributed by atoms with Crippen LogP contribution in [0.25, 0.3) is 0 Å². The maximum absolute atomic E-state index is 5.89. The lowest BCUT2D eigenvalue weighted by atomic mass is 10.2. The van der Waals surface area contributed by atoms with Crippen LogP contribution in [0.1, 0.15) is 33.1 Å². The van der Waals surface area contributed by atoms with Crippen LogP contribution in [0.5, 0.6) is 0 Å². The maximum atomic E-state index is 5.89. The van der Waals surface area contributed by atoms with Gasteiger partial charge in [-0.2, -0.15) is 0 Å². The third-order valence-electron chi connectivity index (χ3n) is 2.31. The first-order valence-corrected chi connectivity index (χ1v) is 4.18. The van der Waals surface area contributed by atoms with Gasteiger partial charge in [-0.25, -0.2) is 0 Å². The minimum Gasteiger partial charge on any atom is -0.324 e. The average Bonchev–Trinajstić information content (AvgIpc) is 2.64. The molecule has 3 N–H and O–H groups in total. The van der Waals surface area contributed by atoms with Crippen molar-refractivity contribution in [3.63, 3.8) is 0 Å². The first-order chi connectivity index (χ1) is 4.66. The van der Waals surface area contributed by atoms with E-state index in [1.54, 1.807) is 0 Å². The van der Waals surface area contributed by atoms with Gasteiger partial charge in [0, 0.05) is 18.1 Å². The molecule has 0 saturated heterocycles. The second-order valence-corrected chi connectivity index (χ2v) is 3.55. The molecule has 0 radical (unpaired) electrons. The fourth-order valence-corrected chi connectivity index (χ4v) is 0.859. The smallest absolute Gasteiger partial charge is 0.0282 e. The Bertz CT molecular complexity index is 108. The van der Waals surface area contributed by atoms with Crippen LogP contribution in [0.3, 0.4) is 0 Å². The lowest BCUT2D eigenvalue weighted by Crippen LogP contribution is -2.39. The normalized spacial score (nSPS) is 24.3. The Morgan fingerprint density at radius 1 is 1.60 bits per heavy atom. The summed E-state index contributed by atoms with van der Waals surface area (Å²) in [5.41, 5.74) is 6.06. The number of hydrogen-bond acceptors (Lipinski definition) is 2. The minimum absolute atomic E-state index is 0.170. The molecule has 2 nitrogen and oxygen atoms in total. The quantitative estimate of drug-likeness (QED) is 0.611. The van der Waals surface area contributed by atoms with Crippen LogP contribution >= 0.6 is 0 Å². The zero-order chi connectivity index (χ0) is 7.61. The van der Waals surface area contributed by atoms with Gasteiger partial charge >= 0.3 is 0 Å². The Kier molecular flexibility index (Phi) is 2.32. The molecule has 60 valence electrons. The molecule has 1 saturated carbocycles. The molecule has 1 aliphatic carbocycles. The molecule has 1 aliphatic rings. The third kappa shape index (κ3) is 2.27. The van der Waals surface area contributed by atoms with Gasteiger partial charge in [0.1, 0.15) is 0 Å². The van der Waals surface area contributed by atoms with E-state index in [1.165, 1.54) is 19.3 Å². The Hall–Kier alpha value is -0.0800. The molecule has 0 heterocycles. The average molecular weight is 142 g/mol. The van der Waals surface area contributed by atoms with E-state index in [1.807, 2.05) is 0 Å². The molecule has 10 heavy (non-hydrogen) atoms. The van der Waals surface area contributed by atoms with Crippen LogP contribution in [-0.4, -0.2) is 18.1 Å². The van der Waals surface area contributed by atoms with Crippen LogP contribution in [0.4, 0.5) is 0 Å². The number of hydrogen-bond donors (Lipinski definition) is 2. The SMILES string of the molecule is CCC(C)NCC1(N)CC1. The van der Waals surface area contributed by atoms with Crippen LogP contribution in [-0.2, 0) is 0 Å². The molecule has 1 rings (SSSR count). The molecule has 0 amide bonds. The summed E-state index contributed by atoms with van der Waals surface area (Å²) < 4.78 is 0. The van der Waals surface area contributed by atoms with Crippen molar-refractivity contribution in [2.24, 2.45) is 5.73 Å². The van der Waals surface area contributed by atoms with Crippen molar-refractivity contribution >= 4 is 0 Å². The number of nitrogens with two attached hydrogens (primary N) is 1. The van der Waals surface area contributed by atoms with Gasteiger partial charge in [-0.1, -0.05) is 6.92 Å². The summed E-state index contributed by atoms with van der Waals surface area (Å²) in [7, 11) is 0. The molecule has 0 aromatic heterocycles. The van der Waals surface area contributed by atoms with Crippen LogP contribution in [0.2, 0.25) is 0 Å². The molecule has 0 aliphatic heterocycles. The first-order valence-electron chi connectivity index (χ1n) is 4.18. The highest BCUT2D eigenvalue weighted by molar-refractivity contribution is 5.00. The molecular weight excluding hydrogens is 124 g/mol. The Balaban J connectivity index is 2.04. The topological polar surface area (TPSA) is 38.0 Å². The number of rotatable bonds is 4. The highest BCUT2D eigenvalue weighted by Gasteiger charge is 2.37. The second-order valence-electron chi connectivity index (χ2n) is 3.55. The van der Waals surface area contributed by atoms with E-state index in [0.29, 0.717) is 6.04 Å². The van der Waals surface area contributed by atoms with Crippen molar-refractivity contribution in [3.05, 3.63) is 0 Å². The summed E-state index contributed by atoms with van der Waals surface area (Å²) in [4.78, 5) is 0. The largest absolute Gasteiger partial charge is 0.324 e. The highest BCUT2D eigenvalue weighted by Crippen LogP contribution is 2.31. The first kappa shape index (κ1) is 8.02. The van der Waals surface area contributed by atoms with Gasteiger partial charge in [-0.3, -0.25) is 0 Å². The molecule has 0 spiro atoms. The summed E-state index contributed by atoms with van der Waals surface area (Å²) in [6.45, 7) is 5.39. The van der Waals surface area contributed by atoms with Crippen molar-refractivity contribution in [1.29, 1.82) is 0 Å². The summed E-state index contributed by atoms with van der Waals surface area (Å²) >= 11 is 0. The zero-order valence-corrected chi connectivity index (χ0v) is 6.98. The van der Waals surface area contributed by atoms with Crippen molar-refractivity contribution in [2.75, 3.05) is 6.54 Å². The number of nitrogens with one attached hydrogen (secondary N) is 1. The van der Waals surface area contributed by atoms with E-state index in [2.05, 4.69) is 19.2 Å². The molecule has 1 unspecified atom stereocenters. The van der Waals surface area contributed by atoms with Gasteiger partial charge < -0.3 is 11.1 Å². The van der Waals surface area contributed by atoms with Gasteiger partial charge in [-0.15, -0.1) is 0 Å². The Morgan fingerprint density at radius 2 is 2.20 bits per heavy atom. The summed E-state index contributed by atoms with van der Waals surface area (Å²) in [5, 5.41) is 3.41. The molecular formula is C8H18N2. The van der Waals surface area contributed by atoms with Crippen LogP contribution < -0.4 is 11.1 Å². The van der Waals surface area contributed by atoms with Crippen molar-refractivity contribution in [2.45, 2.75) is 44.7 Å². The highest BCUT2D eigenvalue weighted by atomic mass is 15.0. The van der Waals surface area contributed by atoms with Gasteiger partial charge in [0.05, 0.1) is 0 Å². The third-order valence-corrected chi connectivity index (χ3v) is 2.31. The van der Waals surface area contributed by atoms with Crippen molar-refractivity contribution in [1.82, 2.24) is 5.32 Å². The molecule has 0 aromatic rings. The second kappa shape index (κ2) is 2.89. The fourth-order valence-electron chi connectivity index (χ4n) is 0.859. The molecule has 0 bridgehead atoms. The summed E-state index contributed by atoms with van der Waals surface area (Å²) in [5.74, 6) is 0. The predicted octanol–water partition coefficient (Wildman–Crippen LogP) is 0.866. The fraction of sp³-hybridized carbons (Fsp3) is 1.00. The van der Waals surface area contributed by atoms with E-state index in [-0.39, 0.29) is 5.54 Å². The Morgan fingerprint density at radius 3 is 2.60 bits per heavy atom. The van der Waals surface area contributed by atoms with E-state index in [9.17, 15) is 0 Å². The van der Waals surface area contributed by atoms with E-state index in [0.717, 1.165) is 6.54 Å². The van der Waals surface area contributed by atoms with Gasteiger partial charge in [-0.05, 0) is 26.2 Å². The summed E-state index contributed by atoms with van der Waals surface area (Å²) in [6.07, 6.45) is 3.60. The zero-order valence-electron chi connectivity index (χ0n) is 6.98. The molecule has 2 heteroatoms. The van der Waals surface area contributed by atoms with E-state index < -0.39 is 0 Å². The molecule has 1 atom stereocenters. The summed E-state index contributed by atoms with van der Waals surface area (Å²) in [6, 6.07) is 0.626. The molecule has 1 fully saturated rings. The molecule has 0 aromatic carbocycles.